The van der Waals surface area contributed by atoms with Gasteiger partial charge in [-0.3, -0.25) is 19.3 Å². The topological polar surface area (TPSA) is 86.8 Å². The van der Waals surface area contributed by atoms with Crippen LogP contribution < -0.4 is 5.32 Å². The van der Waals surface area contributed by atoms with Crippen molar-refractivity contribution in [1.82, 2.24) is 15.1 Å². The molecule has 0 bridgehead atoms. The lowest BCUT2D eigenvalue weighted by Gasteiger charge is -2.29. The number of nitrogens with zero attached hydrogens (tertiary/aromatic N) is 2. The van der Waals surface area contributed by atoms with E-state index >= 15 is 0 Å². The smallest absolute Gasteiger partial charge is 0.334 e. The van der Waals surface area contributed by atoms with Crippen molar-refractivity contribution in [1.29, 1.82) is 0 Å². The number of hydrogen-bond donors (Lipinski definition) is 1. The quantitative estimate of drug-likeness (QED) is 0.439. The third kappa shape index (κ3) is 4.57. The van der Waals surface area contributed by atoms with Gasteiger partial charge < -0.3 is 5.32 Å². The second kappa shape index (κ2) is 8.67. The number of rotatable bonds is 6. The Balaban J connectivity index is 1.55. The van der Waals surface area contributed by atoms with Crippen molar-refractivity contribution in [3.63, 3.8) is 0 Å². The summed E-state index contributed by atoms with van der Waals surface area (Å²) >= 11 is 0. The maximum absolute atomic E-state index is 12.5. The first-order valence-electron chi connectivity index (χ1n) is 10.1. The van der Waals surface area contributed by atoms with Gasteiger partial charge in [-0.1, -0.05) is 31.4 Å². The zero-order valence-electron chi connectivity index (χ0n) is 16.0. The number of urea groups is 1. The normalized spacial score (nSPS) is 26.4. The van der Waals surface area contributed by atoms with Gasteiger partial charge in [0.25, 0.3) is 0 Å². The highest BCUT2D eigenvalue weighted by Gasteiger charge is 2.45. The summed E-state index contributed by atoms with van der Waals surface area (Å²) < 4.78 is 0. The Morgan fingerprint density at radius 1 is 1.07 bits per heavy atom. The van der Waals surface area contributed by atoms with E-state index in [2.05, 4.69) is 18.3 Å². The Morgan fingerprint density at radius 3 is 2.52 bits per heavy atom. The van der Waals surface area contributed by atoms with Crippen molar-refractivity contribution < 1.29 is 19.2 Å². The number of hydrogen-bond acceptors (Lipinski definition) is 4. The molecule has 0 aromatic carbocycles. The number of carbonyl (C=O) groups excluding carboxylic acids is 4. The number of imide groups is 2. The van der Waals surface area contributed by atoms with Gasteiger partial charge in [0.2, 0.25) is 5.91 Å². The Kier molecular flexibility index (Phi) is 6.29. The fourth-order valence-electron chi connectivity index (χ4n) is 4.20. The van der Waals surface area contributed by atoms with Crippen LogP contribution in [-0.4, -0.2) is 52.7 Å². The maximum Gasteiger partial charge on any atom is 0.334 e. The summed E-state index contributed by atoms with van der Waals surface area (Å²) in [5.74, 6) is -1.71. The van der Waals surface area contributed by atoms with Crippen molar-refractivity contribution in [2.75, 3.05) is 13.1 Å². The molecule has 5 amide bonds. The minimum absolute atomic E-state index is 0.0732. The highest BCUT2D eigenvalue weighted by atomic mass is 16.2. The van der Waals surface area contributed by atoms with Crippen LogP contribution in [0.4, 0.5) is 4.79 Å². The minimum atomic E-state index is -0.899. The van der Waals surface area contributed by atoms with Gasteiger partial charge in [-0.25, -0.2) is 9.69 Å². The van der Waals surface area contributed by atoms with E-state index in [9.17, 15) is 19.2 Å². The molecular formula is C20H29N3O4. The van der Waals surface area contributed by atoms with Crippen LogP contribution in [0.15, 0.2) is 11.6 Å². The highest BCUT2D eigenvalue weighted by molar-refractivity contribution is 6.45. The second-order valence-electron chi connectivity index (χ2n) is 7.92. The molecule has 0 unspecified atom stereocenters. The monoisotopic (exact) mass is 375 g/mol. The molecular weight excluding hydrogens is 346 g/mol. The molecule has 0 aromatic rings. The number of nitrogens with one attached hydrogen (secondary N) is 1. The van der Waals surface area contributed by atoms with Crippen LogP contribution in [0.1, 0.15) is 64.7 Å². The van der Waals surface area contributed by atoms with E-state index in [1.165, 1.54) is 12.0 Å². The van der Waals surface area contributed by atoms with Crippen LogP contribution in [-0.2, 0) is 14.4 Å². The second-order valence-corrected chi connectivity index (χ2v) is 7.92. The van der Waals surface area contributed by atoms with Crippen molar-refractivity contribution in [3.05, 3.63) is 11.6 Å². The van der Waals surface area contributed by atoms with E-state index in [0.717, 1.165) is 54.7 Å². The number of carbonyl (C=O) groups is 4. The van der Waals surface area contributed by atoms with E-state index in [-0.39, 0.29) is 25.0 Å². The Bertz CT molecular complexity index is 658. The fourth-order valence-corrected chi connectivity index (χ4v) is 4.20. The molecule has 148 valence electrons. The first kappa shape index (κ1) is 19.6. The summed E-state index contributed by atoms with van der Waals surface area (Å²) in [6.07, 6.45) is 11.3. The first-order chi connectivity index (χ1) is 13.0. The van der Waals surface area contributed by atoms with Crippen LogP contribution in [0, 0.1) is 5.92 Å². The van der Waals surface area contributed by atoms with Crippen LogP contribution >= 0.6 is 0 Å². The lowest BCUT2D eigenvalue weighted by Crippen LogP contribution is -2.47. The van der Waals surface area contributed by atoms with E-state index in [1.54, 1.807) is 0 Å². The Labute approximate surface area is 160 Å². The van der Waals surface area contributed by atoms with Gasteiger partial charge in [0.05, 0.1) is 0 Å². The molecule has 2 atom stereocenters. The molecule has 1 aliphatic heterocycles. The van der Waals surface area contributed by atoms with Gasteiger partial charge in [0, 0.05) is 12.6 Å². The van der Waals surface area contributed by atoms with Crippen molar-refractivity contribution in [2.45, 2.75) is 70.8 Å². The summed E-state index contributed by atoms with van der Waals surface area (Å²) in [4.78, 5) is 51.0. The van der Waals surface area contributed by atoms with E-state index in [4.69, 9.17) is 0 Å². The van der Waals surface area contributed by atoms with Gasteiger partial charge in [0.15, 0.2) is 0 Å². The van der Waals surface area contributed by atoms with E-state index in [1.807, 2.05) is 0 Å². The average molecular weight is 375 g/mol. The van der Waals surface area contributed by atoms with Gasteiger partial charge >= 0.3 is 17.8 Å². The highest BCUT2D eigenvalue weighted by Crippen LogP contribution is 2.24. The molecule has 1 saturated carbocycles. The minimum Gasteiger partial charge on any atom is -0.352 e. The average Bonchev–Trinajstić information content (AvgIpc) is 2.86. The largest absolute Gasteiger partial charge is 0.352 e. The fraction of sp³-hybridized carbons (Fsp3) is 0.700. The van der Waals surface area contributed by atoms with Crippen molar-refractivity contribution >= 4 is 23.8 Å². The first-order valence-corrected chi connectivity index (χ1v) is 10.1. The summed E-state index contributed by atoms with van der Waals surface area (Å²) in [5.41, 5.74) is 1.23. The molecule has 7 nitrogen and oxygen atoms in total. The predicted molar refractivity (Wildman–Crippen MR) is 99.6 cm³/mol. The van der Waals surface area contributed by atoms with Crippen molar-refractivity contribution in [3.8, 4) is 0 Å². The summed E-state index contributed by atoms with van der Waals surface area (Å²) in [5, 5.41) is 2.93. The van der Waals surface area contributed by atoms with Gasteiger partial charge in [-0.05, 0) is 50.9 Å². The SMILES string of the molecule is C[C@@H]1CCCC[C@H]1NC(=O)CN1C(=O)C(=O)N(CCC2=CCCCC2)C1=O. The van der Waals surface area contributed by atoms with Crippen LogP contribution in [0.5, 0.6) is 0 Å². The predicted octanol–water partition coefficient (Wildman–Crippen LogP) is 2.36. The molecule has 1 saturated heterocycles. The molecule has 3 aliphatic rings. The standard InChI is InChI=1S/C20H29N3O4/c1-14-7-5-6-10-16(14)21-17(24)13-23-19(26)18(25)22(20(23)27)12-11-15-8-3-2-4-9-15/h8,14,16H,2-7,9-13H2,1H3,(H,21,24)/t14-,16-/m1/s1. The molecule has 2 fully saturated rings. The third-order valence-electron chi connectivity index (χ3n) is 5.94. The summed E-state index contributed by atoms with van der Waals surface area (Å²) in [6, 6.07) is -0.600. The van der Waals surface area contributed by atoms with Crippen molar-refractivity contribution in [2.24, 2.45) is 5.92 Å². The Hall–Kier alpha value is -2.18. The molecule has 0 radical (unpaired) electrons. The lowest BCUT2D eigenvalue weighted by atomic mass is 9.86. The summed E-state index contributed by atoms with van der Waals surface area (Å²) in [6.45, 7) is 1.92. The van der Waals surface area contributed by atoms with Crippen LogP contribution in [0.25, 0.3) is 0 Å². The zero-order valence-corrected chi connectivity index (χ0v) is 16.0. The molecule has 7 heteroatoms. The van der Waals surface area contributed by atoms with Gasteiger partial charge in [-0.15, -0.1) is 0 Å². The number of amides is 5. The molecule has 27 heavy (non-hydrogen) atoms. The molecule has 2 aliphatic carbocycles. The molecule has 0 spiro atoms. The lowest BCUT2D eigenvalue weighted by molar-refractivity contribution is -0.144. The molecule has 1 N–H and O–H groups in total. The van der Waals surface area contributed by atoms with E-state index in [0.29, 0.717) is 12.3 Å². The molecule has 3 rings (SSSR count). The third-order valence-corrected chi connectivity index (χ3v) is 5.94. The van der Waals surface area contributed by atoms with Crippen LogP contribution in [0.2, 0.25) is 0 Å². The van der Waals surface area contributed by atoms with Gasteiger partial charge in [-0.2, -0.15) is 0 Å². The summed E-state index contributed by atoms with van der Waals surface area (Å²) in [7, 11) is 0. The molecule has 0 aromatic heterocycles. The van der Waals surface area contributed by atoms with Gasteiger partial charge in [0.1, 0.15) is 6.54 Å². The van der Waals surface area contributed by atoms with Crippen LogP contribution in [0.3, 0.4) is 0 Å². The number of allylic oxidation sites excluding steroid dienone is 1. The maximum atomic E-state index is 12.5. The Morgan fingerprint density at radius 2 is 1.81 bits per heavy atom. The zero-order chi connectivity index (χ0) is 19.4. The molecule has 1 heterocycles. The van der Waals surface area contributed by atoms with E-state index < -0.39 is 17.8 Å².